The van der Waals surface area contributed by atoms with Crippen LogP contribution in [0, 0.1) is 0 Å². The Kier molecular flexibility index (Phi) is 5.76. The molecule has 1 heterocycles. The molecule has 0 unspecified atom stereocenters. The van der Waals surface area contributed by atoms with E-state index < -0.39 is 22.7 Å². The fourth-order valence-corrected chi connectivity index (χ4v) is 2.70. The minimum Gasteiger partial charge on any atom is -0.313 e. The molecule has 6 nitrogen and oxygen atoms in total. The average molecular weight is 328 g/mol. The molecule has 21 heavy (non-hydrogen) atoms. The Balaban J connectivity index is 2.74. The normalized spacial score (nSPS) is 13.3. The van der Waals surface area contributed by atoms with Crippen molar-refractivity contribution in [3.8, 4) is 0 Å². The number of sulfonamides is 1. The number of nitrogens with one attached hydrogen (secondary N) is 1. The largest absolute Gasteiger partial charge is 0.402 e. The molecule has 0 aromatic carbocycles. The lowest BCUT2D eigenvalue weighted by atomic mass is 10.4. The third-order valence-corrected chi connectivity index (χ3v) is 4.37. The highest BCUT2D eigenvalue weighted by atomic mass is 32.2. The van der Waals surface area contributed by atoms with Gasteiger partial charge in [-0.15, -0.1) is 0 Å². The predicted octanol–water partition coefficient (Wildman–Crippen LogP) is 1.06. The number of alkyl halides is 3. The van der Waals surface area contributed by atoms with Crippen molar-refractivity contribution in [2.45, 2.75) is 37.5 Å². The van der Waals surface area contributed by atoms with Crippen molar-refractivity contribution in [3.05, 3.63) is 12.4 Å². The molecule has 0 saturated heterocycles. The highest BCUT2D eigenvalue weighted by molar-refractivity contribution is 7.89. The van der Waals surface area contributed by atoms with E-state index in [4.69, 9.17) is 0 Å². The van der Waals surface area contributed by atoms with Crippen LogP contribution in [0.4, 0.5) is 13.2 Å². The number of aromatic nitrogens is 2. The van der Waals surface area contributed by atoms with Crippen LogP contribution in [0.1, 0.15) is 13.8 Å². The molecule has 0 bridgehead atoms. The summed E-state index contributed by atoms with van der Waals surface area (Å²) in [5.41, 5.74) is 0. The molecular weight excluding hydrogens is 309 g/mol. The van der Waals surface area contributed by atoms with E-state index in [-0.39, 0.29) is 15.2 Å². The van der Waals surface area contributed by atoms with Gasteiger partial charge in [-0.1, -0.05) is 13.8 Å². The fourth-order valence-electron chi connectivity index (χ4n) is 1.59. The summed E-state index contributed by atoms with van der Waals surface area (Å²) in [5, 5.41) is 6.97. The summed E-state index contributed by atoms with van der Waals surface area (Å²) in [4.78, 5) is -0.251. The standard InChI is InChI=1S/C11H19F3N4O2S/c1-9(2)15-4-5-18-7-10(6-16-18)21(19,20)17(3)8-11(12,13)14/h6-7,9,15H,4-5,8H2,1-3H3. The maximum absolute atomic E-state index is 12.3. The summed E-state index contributed by atoms with van der Waals surface area (Å²) in [5.74, 6) is 0. The third-order valence-electron chi connectivity index (χ3n) is 2.61. The van der Waals surface area contributed by atoms with Crippen LogP contribution in [0.15, 0.2) is 17.3 Å². The van der Waals surface area contributed by atoms with Gasteiger partial charge in [-0.25, -0.2) is 8.42 Å². The van der Waals surface area contributed by atoms with E-state index in [1.807, 2.05) is 13.8 Å². The quantitative estimate of drug-likeness (QED) is 0.813. The van der Waals surface area contributed by atoms with Crippen LogP contribution in [0.25, 0.3) is 0 Å². The van der Waals surface area contributed by atoms with E-state index in [1.165, 1.54) is 10.9 Å². The van der Waals surface area contributed by atoms with Crippen LogP contribution in [0.2, 0.25) is 0 Å². The molecule has 0 aliphatic carbocycles. The van der Waals surface area contributed by atoms with Crippen molar-refractivity contribution in [1.82, 2.24) is 19.4 Å². The molecule has 0 amide bonds. The Labute approximate surface area is 122 Å². The average Bonchev–Trinajstić information content (AvgIpc) is 2.75. The van der Waals surface area contributed by atoms with Gasteiger partial charge in [0.25, 0.3) is 0 Å². The summed E-state index contributed by atoms with van der Waals surface area (Å²) >= 11 is 0. The van der Waals surface area contributed by atoms with E-state index in [2.05, 4.69) is 10.4 Å². The zero-order chi connectivity index (χ0) is 16.3. The second kappa shape index (κ2) is 6.75. The number of nitrogens with zero attached hydrogens (tertiary/aromatic N) is 3. The third kappa shape index (κ3) is 5.64. The van der Waals surface area contributed by atoms with Gasteiger partial charge in [0, 0.05) is 25.8 Å². The zero-order valence-electron chi connectivity index (χ0n) is 12.1. The van der Waals surface area contributed by atoms with Crippen molar-refractivity contribution < 1.29 is 21.6 Å². The van der Waals surface area contributed by atoms with Crippen LogP contribution in [-0.4, -0.2) is 54.9 Å². The summed E-state index contributed by atoms with van der Waals surface area (Å²) in [6.07, 6.45) is -2.30. The maximum atomic E-state index is 12.3. The van der Waals surface area contributed by atoms with Crippen molar-refractivity contribution in [3.63, 3.8) is 0 Å². The van der Waals surface area contributed by atoms with Gasteiger partial charge < -0.3 is 5.32 Å². The predicted molar refractivity (Wildman–Crippen MR) is 71.2 cm³/mol. The molecule has 0 fully saturated rings. The van der Waals surface area contributed by atoms with E-state index in [0.29, 0.717) is 13.1 Å². The van der Waals surface area contributed by atoms with E-state index in [0.717, 1.165) is 13.2 Å². The van der Waals surface area contributed by atoms with Crippen LogP contribution in [-0.2, 0) is 16.6 Å². The number of hydrogen-bond donors (Lipinski definition) is 1. The Morgan fingerprint density at radius 2 is 2.05 bits per heavy atom. The summed E-state index contributed by atoms with van der Waals surface area (Å²) in [7, 11) is -3.29. The monoisotopic (exact) mass is 328 g/mol. The summed E-state index contributed by atoms with van der Waals surface area (Å²) < 4.78 is 62.4. The van der Waals surface area contributed by atoms with Gasteiger partial charge in [0.05, 0.1) is 12.7 Å². The first-order valence-electron chi connectivity index (χ1n) is 6.31. The van der Waals surface area contributed by atoms with Gasteiger partial charge in [-0.2, -0.15) is 22.6 Å². The van der Waals surface area contributed by atoms with Gasteiger partial charge >= 0.3 is 6.18 Å². The maximum Gasteiger partial charge on any atom is 0.402 e. The van der Waals surface area contributed by atoms with Crippen LogP contribution in [0.5, 0.6) is 0 Å². The number of rotatable bonds is 7. The van der Waals surface area contributed by atoms with Crippen LogP contribution >= 0.6 is 0 Å². The van der Waals surface area contributed by atoms with E-state index in [9.17, 15) is 21.6 Å². The molecule has 0 radical (unpaired) electrons. The van der Waals surface area contributed by atoms with Gasteiger partial charge in [0.15, 0.2) is 0 Å². The van der Waals surface area contributed by atoms with Gasteiger partial charge in [0.1, 0.15) is 11.4 Å². The highest BCUT2D eigenvalue weighted by Gasteiger charge is 2.35. The molecule has 0 saturated carbocycles. The van der Waals surface area contributed by atoms with E-state index in [1.54, 1.807) is 0 Å². The van der Waals surface area contributed by atoms with E-state index >= 15 is 0 Å². The lowest BCUT2D eigenvalue weighted by Crippen LogP contribution is -2.35. The summed E-state index contributed by atoms with van der Waals surface area (Å²) in [6.45, 7) is 3.40. The molecule has 0 aliphatic heterocycles. The number of halogens is 3. The Morgan fingerprint density at radius 3 is 2.57 bits per heavy atom. The minimum absolute atomic E-state index is 0.251. The second-order valence-corrected chi connectivity index (χ2v) is 6.97. The minimum atomic E-state index is -4.58. The molecule has 1 aromatic rings. The topological polar surface area (TPSA) is 67.2 Å². The molecule has 0 spiro atoms. The second-order valence-electron chi connectivity index (χ2n) is 4.92. The SMILES string of the molecule is CC(C)NCCn1cc(S(=O)(=O)N(C)CC(F)(F)F)cn1. The zero-order valence-corrected chi connectivity index (χ0v) is 12.9. The van der Waals surface area contributed by atoms with Crippen molar-refractivity contribution in [2.24, 2.45) is 0 Å². The first kappa shape index (κ1) is 17.9. The first-order valence-corrected chi connectivity index (χ1v) is 7.75. The number of hydrogen-bond acceptors (Lipinski definition) is 4. The smallest absolute Gasteiger partial charge is 0.313 e. The van der Waals surface area contributed by atoms with Crippen LogP contribution < -0.4 is 5.32 Å². The molecule has 122 valence electrons. The van der Waals surface area contributed by atoms with Crippen molar-refractivity contribution in [1.29, 1.82) is 0 Å². The Morgan fingerprint density at radius 1 is 1.43 bits per heavy atom. The van der Waals surface area contributed by atoms with Crippen molar-refractivity contribution in [2.75, 3.05) is 20.1 Å². The van der Waals surface area contributed by atoms with Gasteiger partial charge in [0.2, 0.25) is 10.0 Å². The lowest BCUT2D eigenvalue weighted by molar-refractivity contribution is -0.134. The molecular formula is C11H19F3N4O2S. The van der Waals surface area contributed by atoms with Gasteiger partial charge in [-0.3, -0.25) is 4.68 Å². The van der Waals surface area contributed by atoms with Crippen LogP contribution in [0.3, 0.4) is 0 Å². The fraction of sp³-hybridized carbons (Fsp3) is 0.727. The van der Waals surface area contributed by atoms with Gasteiger partial charge in [-0.05, 0) is 0 Å². The summed E-state index contributed by atoms with van der Waals surface area (Å²) in [6, 6.07) is 0.279. The molecule has 10 heteroatoms. The molecule has 0 atom stereocenters. The first-order chi connectivity index (χ1) is 9.52. The van der Waals surface area contributed by atoms with Crippen molar-refractivity contribution >= 4 is 10.0 Å². The Hall–Kier alpha value is -1.13. The Bertz CT molecular complexity index is 554. The highest BCUT2D eigenvalue weighted by Crippen LogP contribution is 2.20. The molecule has 1 rings (SSSR count). The lowest BCUT2D eigenvalue weighted by Gasteiger charge is -2.17. The molecule has 1 N–H and O–H groups in total. The molecule has 1 aromatic heterocycles. The molecule has 0 aliphatic rings.